The number of hydrogen-bond acceptors (Lipinski definition) is 3. The van der Waals surface area contributed by atoms with E-state index in [0.29, 0.717) is 5.39 Å². The molecule has 2 heterocycles. The van der Waals surface area contributed by atoms with Gasteiger partial charge >= 0.3 is 0 Å². The van der Waals surface area contributed by atoms with Gasteiger partial charge in [-0.25, -0.2) is 4.98 Å². The molecule has 6 rings (SSSR count). The van der Waals surface area contributed by atoms with Crippen LogP contribution in [0.5, 0.6) is 0 Å². The van der Waals surface area contributed by atoms with Crippen molar-refractivity contribution in [3.63, 3.8) is 0 Å². The molecule has 1 fully saturated rings. The minimum absolute atomic E-state index is 0.0944. The summed E-state index contributed by atoms with van der Waals surface area (Å²) >= 11 is 0. The molecule has 0 aliphatic heterocycles. The second-order valence-corrected chi connectivity index (χ2v) is 9.77. The van der Waals surface area contributed by atoms with Crippen LogP contribution in [0.3, 0.4) is 0 Å². The summed E-state index contributed by atoms with van der Waals surface area (Å²) in [6, 6.07) is 26.5. The second kappa shape index (κ2) is 9.57. The summed E-state index contributed by atoms with van der Waals surface area (Å²) in [5, 5.41) is 6.58. The lowest BCUT2D eigenvalue weighted by Crippen LogP contribution is -2.25. The largest absolute Gasteiger partial charge is 0.340 e. The molecule has 0 atom stereocenters. The van der Waals surface area contributed by atoms with Gasteiger partial charge in [0.05, 0.1) is 17.1 Å². The molecule has 1 aliphatic carbocycles. The van der Waals surface area contributed by atoms with Gasteiger partial charge in [0.2, 0.25) is 0 Å². The highest BCUT2D eigenvalue weighted by atomic mass is 16.1. The Hall–Kier alpha value is -3.99. The zero-order chi connectivity index (χ0) is 24.5. The van der Waals surface area contributed by atoms with Crippen LogP contribution < -0.4 is 5.56 Å². The molecular formula is C31H30N4O. The zero-order valence-corrected chi connectivity index (χ0v) is 20.6. The summed E-state index contributed by atoms with van der Waals surface area (Å²) in [7, 11) is 0. The molecule has 5 nitrogen and oxygen atoms in total. The first-order valence-corrected chi connectivity index (χ1v) is 12.9. The van der Waals surface area contributed by atoms with Crippen LogP contribution in [-0.2, 0) is 6.54 Å². The standard InChI is InChI=1S/C31H30N4O/c1-22-27(25-16-9-11-19-29(25)34(22)21-23-12-4-2-5-13-23)20-32-35-30(24-14-6-3-7-15-24)33-28-18-10-8-17-26(28)31(35)36/h2,4-5,8-13,16-20,24H,3,6-7,14-15,21H2,1H3. The van der Waals surface area contributed by atoms with Gasteiger partial charge in [-0.05, 0) is 43.5 Å². The topological polar surface area (TPSA) is 52.2 Å². The van der Waals surface area contributed by atoms with Crippen molar-refractivity contribution in [1.82, 2.24) is 14.2 Å². The maximum absolute atomic E-state index is 13.6. The van der Waals surface area contributed by atoms with E-state index in [0.717, 1.165) is 52.9 Å². The molecule has 0 amide bonds. The van der Waals surface area contributed by atoms with Gasteiger partial charge in [0.25, 0.3) is 5.56 Å². The van der Waals surface area contributed by atoms with Crippen LogP contribution in [0.1, 0.15) is 60.7 Å². The molecule has 0 radical (unpaired) electrons. The molecule has 2 aromatic heterocycles. The van der Waals surface area contributed by atoms with E-state index in [4.69, 9.17) is 10.1 Å². The van der Waals surface area contributed by atoms with Crippen LogP contribution in [-0.4, -0.2) is 20.4 Å². The average molecular weight is 475 g/mol. The molecule has 0 bridgehead atoms. The third-order valence-electron chi connectivity index (χ3n) is 7.51. The summed E-state index contributed by atoms with van der Waals surface area (Å²) in [5.41, 5.74) is 5.24. The predicted octanol–water partition coefficient (Wildman–Crippen LogP) is 6.64. The van der Waals surface area contributed by atoms with E-state index >= 15 is 0 Å². The van der Waals surface area contributed by atoms with Gasteiger partial charge in [0.1, 0.15) is 5.82 Å². The fourth-order valence-corrected chi connectivity index (χ4v) is 5.58. The lowest BCUT2D eigenvalue weighted by atomic mass is 9.88. The van der Waals surface area contributed by atoms with Crippen LogP contribution >= 0.6 is 0 Å². The van der Waals surface area contributed by atoms with Gasteiger partial charge in [0, 0.05) is 34.6 Å². The lowest BCUT2D eigenvalue weighted by Gasteiger charge is -2.22. The molecule has 1 saturated carbocycles. The van der Waals surface area contributed by atoms with Crippen molar-refractivity contribution in [3.05, 3.63) is 112 Å². The molecule has 0 saturated heterocycles. The van der Waals surface area contributed by atoms with Crippen molar-refractivity contribution in [2.45, 2.75) is 51.5 Å². The Labute approximate surface area is 210 Å². The van der Waals surface area contributed by atoms with Crippen molar-refractivity contribution in [2.24, 2.45) is 5.10 Å². The van der Waals surface area contributed by atoms with E-state index in [1.54, 1.807) is 4.68 Å². The number of benzene rings is 3. The van der Waals surface area contributed by atoms with Crippen molar-refractivity contribution >= 4 is 28.0 Å². The number of nitrogens with zero attached hydrogens (tertiary/aromatic N) is 4. The lowest BCUT2D eigenvalue weighted by molar-refractivity contribution is 0.416. The molecular weight excluding hydrogens is 444 g/mol. The van der Waals surface area contributed by atoms with Gasteiger partial charge in [-0.1, -0.05) is 79.9 Å². The molecule has 3 aromatic carbocycles. The quantitative estimate of drug-likeness (QED) is 0.268. The summed E-state index contributed by atoms with van der Waals surface area (Å²) in [4.78, 5) is 18.6. The summed E-state index contributed by atoms with van der Waals surface area (Å²) in [6.45, 7) is 2.92. The Bertz CT molecular complexity index is 1620. The summed E-state index contributed by atoms with van der Waals surface area (Å²) in [5.74, 6) is 1.05. The number of fused-ring (bicyclic) bond motifs is 2. The molecule has 36 heavy (non-hydrogen) atoms. The van der Waals surface area contributed by atoms with Gasteiger partial charge in [-0.15, -0.1) is 0 Å². The van der Waals surface area contributed by atoms with Gasteiger partial charge in [-0.2, -0.15) is 9.78 Å². The van der Waals surface area contributed by atoms with Crippen molar-refractivity contribution in [2.75, 3.05) is 0 Å². The Morgan fingerprint density at radius 2 is 1.58 bits per heavy atom. The van der Waals surface area contributed by atoms with Crippen LogP contribution in [0.15, 0.2) is 88.8 Å². The molecule has 0 N–H and O–H groups in total. The van der Waals surface area contributed by atoms with Gasteiger partial charge in [0.15, 0.2) is 0 Å². The van der Waals surface area contributed by atoms with Crippen LogP contribution in [0.2, 0.25) is 0 Å². The number of para-hydroxylation sites is 2. The monoisotopic (exact) mass is 474 g/mol. The first-order valence-electron chi connectivity index (χ1n) is 12.9. The van der Waals surface area contributed by atoms with E-state index in [1.807, 2.05) is 36.5 Å². The highest BCUT2D eigenvalue weighted by Crippen LogP contribution is 2.32. The molecule has 5 heteroatoms. The van der Waals surface area contributed by atoms with Crippen LogP contribution in [0.25, 0.3) is 21.8 Å². The van der Waals surface area contributed by atoms with Crippen molar-refractivity contribution in [3.8, 4) is 0 Å². The van der Waals surface area contributed by atoms with Crippen molar-refractivity contribution < 1.29 is 0 Å². The molecule has 0 spiro atoms. The summed E-state index contributed by atoms with van der Waals surface area (Å²) in [6.07, 6.45) is 7.55. The second-order valence-electron chi connectivity index (χ2n) is 9.77. The molecule has 5 aromatic rings. The maximum Gasteiger partial charge on any atom is 0.282 e. The minimum Gasteiger partial charge on any atom is -0.340 e. The first-order chi connectivity index (χ1) is 17.7. The fourth-order valence-electron chi connectivity index (χ4n) is 5.58. The number of aromatic nitrogens is 3. The van der Waals surface area contributed by atoms with E-state index in [-0.39, 0.29) is 11.5 Å². The van der Waals surface area contributed by atoms with E-state index in [9.17, 15) is 4.79 Å². The highest BCUT2D eigenvalue weighted by Gasteiger charge is 2.22. The third-order valence-corrected chi connectivity index (χ3v) is 7.51. The van der Waals surface area contributed by atoms with Crippen LogP contribution in [0.4, 0.5) is 0 Å². The minimum atomic E-state index is -0.0944. The number of hydrogen-bond donors (Lipinski definition) is 0. The number of rotatable bonds is 5. The highest BCUT2D eigenvalue weighted by molar-refractivity contribution is 6.01. The van der Waals surface area contributed by atoms with E-state index < -0.39 is 0 Å². The summed E-state index contributed by atoms with van der Waals surface area (Å²) < 4.78 is 3.90. The Balaban J connectivity index is 1.49. The SMILES string of the molecule is Cc1c(C=Nn2c(C3CCCCC3)nc3ccccc3c2=O)c2ccccc2n1Cc1ccccc1. The van der Waals surface area contributed by atoms with E-state index in [2.05, 4.69) is 60.0 Å². The van der Waals surface area contributed by atoms with Gasteiger partial charge in [-0.3, -0.25) is 4.79 Å². The fraction of sp³-hybridized carbons (Fsp3) is 0.258. The first kappa shape index (κ1) is 22.5. The Morgan fingerprint density at radius 1 is 0.889 bits per heavy atom. The normalized spacial score (nSPS) is 14.8. The molecule has 0 unspecified atom stereocenters. The molecule has 180 valence electrons. The average Bonchev–Trinajstić information content (AvgIpc) is 3.19. The molecule has 1 aliphatic rings. The van der Waals surface area contributed by atoms with Crippen molar-refractivity contribution in [1.29, 1.82) is 0 Å². The third kappa shape index (κ3) is 4.05. The zero-order valence-electron chi connectivity index (χ0n) is 20.6. The van der Waals surface area contributed by atoms with Crippen LogP contribution in [0, 0.1) is 6.92 Å². The maximum atomic E-state index is 13.6. The predicted molar refractivity (Wildman–Crippen MR) is 147 cm³/mol. The Morgan fingerprint density at radius 3 is 2.39 bits per heavy atom. The Kier molecular flexibility index (Phi) is 5.98. The van der Waals surface area contributed by atoms with E-state index in [1.165, 1.54) is 24.8 Å². The smallest absolute Gasteiger partial charge is 0.282 e. The van der Waals surface area contributed by atoms with Gasteiger partial charge < -0.3 is 4.57 Å².